The maximum absolute atomic E-state index is 12.5. The molecule has 0 aliphatic heterocycles. The number of para-hydroxylation sites is 1. The number of aryl methyl sites for hydroxylation is 2. The van der Waals surface area contributed by atoms with Gasteiger partial charge in [-0.2, -0.15) is 5.10 Å². The smallest absolute Gasteiger partial charge is 0.235 e. The molecular formula is C21H19N5OS2. The molecule has 0 fully saturated rings. The zero-order valence-corrected chi connectivity index (χ0v) is 17.6. The number of aromatic nitrogens is 4. The van der Waals surface area contributed by atoms with Crippen molar-refractivity contribution in [3.63, 3.8) is 0 Å². The first-order valence-corrected chi connectivity index (χ1v) is 10.8. The van der Waals surface area contributed by atoms with Crippen LogP contribution in [0.25, 0.3) is 16.9 Å². The molecule has 0 saturated carbocycles. The Balaban J connectivity index is 1.58. The number of nitrogens with zero attached hydrogens (tertiary/aromatic N) is 4. The van der Waals surface area contributed by atoms with Gasteiger partial charge < -0.3 is 5.32 Å². The van der Waals surface area contributed by atoms with Gasteiger partial charge in [-0.05, 0) is 26.0 Å². The summed E-state index contributed by atoms with van der Waals surface area (Å²) < 4.78 is 2.54. The highest BCUT2D eigenvalue weighted by molar-refractivity contribution is 8.01. The molecule has 8 heteroatoms. The minimum Gasteiger partial charge on any atom is -0.310 e. The van der Waals surface area contributed by atoms with E-state index in [1.807, 2.05) is 55.5 Å². The fourth-order valence-corrected chi connectivity index (χ4v) is 4.36. The molecule has 1 N–H and O–H groups in total. The first kappa shape index (κ1) is 19.4. The van der Waals surface area contributed by atoms with Crippen molar-refractivity contribution in [2.75, 3.05) is 11.1 Å². The number of carbonyl (C=O) groups is 1. The molecule has 0 atom stereocenters. The molecule has 2 heterocycles. The molecule has 0 unspecified atom stereocenters. The molecule has 29 heavy (non-hydrogen) atoms. The molecule has 0 aliphatic carbocycles. The molecular weight excluding hydrogens is 402 g/mol. The van der Waals surface area contributed by atoms with E-state index < -0.39 is 0 Å². The van der Waals surface area contributed by atoms with Crippen LogP contribution >= 0.6 is 23.1 Å². The van der Waals surface area contributed by atoms with Crippen LogP contribution in [-0.2, 0) is 4.79 Å². The molecule has 2 aromatic heterocycles. The van der Waals surface area contributed by atoms with Crippen LogP contribution in [-0.4, -0.2) is 31.6 Å². The van der Waals surface area contributed by atoms with Crippen molar-refractivity contribution in [3.05, 3.63) is 71.2 Å². The molecule has 0 bridgehead atoms. The zero-order chi connectivity index (χ0) is 20.2. The van der Waals surface area contributed by atoms with Crippen LogP contribution in [0.15, 0.2) is 65.0 Å². The van der Waals surface area contributed by atoms with Gasteiger partial charge in [-0.1, -0.05) is 71.1 Å². The van der Waals surface area contributed by atoms with E-state index in [2.05, 4.69) is 34.6 Å². The number of amides is 1. The normalized spacial score (nSPS) is 10.8. The first-order chi connectivity index (χ1) is 14.1. The average molecular weight is 422 g/mol. The summed E-state index contributed by atoms with van der Waals surface area (Å²) in [5.74, 6) is 0.773. The third-order valence-corrected chi connectivity index (χ3v) is 6.13. The fourth-order valence-electron chi connectivity index (χ4n) is 2.74. The number of hydrogen-bond acceptors (Lipinski definition) is 6. The molecule has 4 aromatic rings. The molecule has 0 radical (unpaired) electrons. The second-order valence-corrected chi connectivity index (χ2v) is 8.86. The molecule has 0 saturated heterocycles. The summed E-state index contributed by atoms with van der Waals surface area (Å²) in [4.78, 5) is 12.5. The van der Waals surface area contributed by atoms with Gasteiger partial charge in [0.2, 0.25) is 5.91 Å². The van der Waals surface area contributed by atoms with Gasteiger partial charge in [0.15, 0.2) is 4.34 Å². The standard InChI is InChI=1S/C21H19N5OS2/c1-14-8-10-16(11-9-14)18-12-19(26(25-18)17-6-4-3-5-7-17)22-20(27)13-28-21-24-23-15(2)29-21/h3-12H,13H2,1-2H3,(H,22,27). The van der Waals surface area contributed by atoms with E-state index in [9.17, 15) is 4.79 Å². The molecule has 6 nitrogen and oxygen atoms in total. The lowest BCUT2D eigenvalue weighted by Crippen LogP contribution is -2.16. The van der Waals surface area contributed by atoms with Gasteiger partial charge in [-0.15, -0.1) is 10.2 Å². The van der Waals surface area contributed by atoms with Crippen molar-refractivity contribution < 1.29 is 4.79 Å². The number of thioether (sulfide) groups is 1. The van der Waals surface area contributed by atoms with E-state index in [0.717, 1.165) is 26.3 Å². The fraction of sp³-hybridized carbons (Fsp3) is 0.143. The van der Waals surface area contributed by atoms with Gasteiger partial charge in [-0.3, -0.25) is 4.79 Å². The average Bonchev–Trinajstić information content (AvgIpc) is 3.34. The van der Waals surface area contributed by atoms with E-state index in [0.29, 0.717) is 5.82 Å². The predicted octanol–water partition coefficient (Wildman–Crippen LogP) is 4.74. The third kappa shape index (κ3) is 4.72. The van der Waals surface area contributed by atoms with Crippen molar-refractivity contribution in [3.8, 4) is 16.9 Å². The summed E-state index contributed by atoms with van der Waals surface area (Å²) in [6.07, 6.45) is 0. The van der Waals surface area contributed by atoms with Crippen molar-refractivity contribution in [1.29, 1.82) is 0 Å². The summed E-state index contributed by atoms with van der Waals surface area (Å²) in [5, 5.41) is 16.6. The number of carbonyl (C=O) groups excluding carboxylic acids is 1. The lowest BCUT2D eigenvalue weighted by molar-refractivity contribution is -0.113. The summed E-state index contributed by atoms with van der Waals surface area (Å²) in [5.41, 5.74) is 3.87. The van der Waals surface area contributed by atoms with Crippen LogP contribution < -0.4 is 5.32 Å². The minimum absolute atomic E-state index is 0.115. The van der Waals surface area contributed by atoms with E-state index in [-0.39, 0.29) is 11.7 Å². The molecule has 0 aliphatic rings. The van der Waals surface area contributed by atoms with Crippen LogP contribution in [0.4, 0.5) is 5.82 Å². The molecule has 146 valence electrons. The monoisotopic (exact) mass is 421 g/mol. The lowest BCUT2D eigenvalue weighted by atomic mass is 10.1. The van der Waals surface area contributed by atoms with Crippen molar-refractivity contribution in [2.45, 2.75) is 18.2 Å². The van der Waals surface area contributed by atoms with Gasteiger partial charge in [0, 0.05) is 11.6 Å². The van der Waals surface area contributed by atoms with Crippen LogP contribution in [0.2, 0.25) is 0 Å². The Hall–Kier alpha value is -2.97. The molecule has 1 amide bonds. The topological polar surface area (TPSA) is 72.7 Å². The number of rotatable bonds is 6. The number of anilines is 1. The lowest BCUT2D eigenvalue weighted by Gasteiger charge is -2.08. The third-order valence-electron chi connectivity index (χ3n) is 4.16. The molecule has 0 spiro atoms. The van der Waals surface area contributed by atoms with E-state index >= 15 is 0 Å². The highest BCUT2D eigenvalue weighted by atomic mass is 32.2. The predicted molar refractivity (Wildman–Crippen MR) is 118 cm³/mol. The maximum atomic E-state index is 12.5. The van der Waals surface area contributed by atoms with Crippen molar-refractivity contribution >= 4 is 34.8 Å². The highest BCUT2D eigenvalue weighted by Crippen LogP contribution is 2.26. The second-order valence-electron chi connectivity index (χ2n) is 6.45. The summed E-state index contributed by atoms with van der Waals surface area (Å²) >= 11 is 2.86. The van der Waals surface area contributed by atoms with Crippen molar-refractivity contribution in [1.82, 2.24) is 20.0 Å². The van der Waals surface area contributed by atoms with Gasteiger partial charge in [0.25, 0.3) is 0 Å². The Morgan fingerprint density at radius 3 is 2.52 bits per heavy atom. The van der Waals surface area contributed by atoms with E-state index in [4.69, 9.17) is 5.10 Å². The Kier molecular flexibility index (Phi) is 5.73. The SMILES string of the molecule is Cc1ccc(-c2cc(NC(=O)CSc3nnc(C)s3)n(-c3ccccc3)n2)cc1. The van der Waals surface area contributed by atoms with E-state index in [1.165, 1.54) is 28.7 Å². The quantitative estimate of drug-likeness (QED) is 0.455. The minimum atomic E-state index is -0.115. The number of hydrogen-bond donors (Lipinski definition) is 1. The Labute approximate surface area is 177 Å². The van der Waals surface area contributed by atoms with Gasteiger partial charge >= 0.3 is 0 Å². The Bertz CT molecular complexity index is 1120. The number of benzene rings is 2. The van der Waals surface area contributed by atoms with E-state index in [1.54, 1.807) is 4.68 Å². The van der Waals surface area contributed by atoms with Crippen molar-refractivity contribution in [2.24, 2.45) is 0 Å². The largest absolute Gasteiger partial charge is 0.310 e. The van der Waals surface area contributed by atoms with Crippen LogP contribution in [0, 0.1) is 13.8 Å². The first-order valence-electron chi connectivity index (χ1n) is 9.04. The van der Waals surface area contributed by atoms with Gasteiger partial charge in [-0.25, -0.2) is 4.68 Å². The second kappa shape index (κ2) is 8.59. The maximum Gasteiger partial charge on any atom is 0.235 e. The summed E-state index contributed by atoms with van der Waals surface area (Å²) in [6, 6.07) is 19.8. The Morgan fingerprint density at radius 2 is 1.83 bits per heavy atom. The van der Waals surface area contributed by atoms with Crippen LogP contribution in [0.5, 0.6) is 0 Å². The number of nitrogens with one attached hydrogen (secondary N) is 1. The zero-order valence-electron chi connectivity index (χ0n) is 16.0. The van der Waals surface area contributed by atoms with Crippen LogP contribution in [0.1, 0.15) is 10.6 Å². The molecule has 4 rings (SSSR count). The Morgan fingerprint density at radius 1 is 1.07 bits per heavy atom. The van der Waals surface area contributed by atoms with Gasteiger partial charge in [0.05, 0.1) is 17.1 Å². The summed E-state index contributed by atoms with van der Waals surface area (Å²) in [7, 11) is 0. The summed E-state index contributed by atoms with van der Waals surface area (Å²) in [6.45, 7) is 3.95. The van der Waals surface area contributed by atoms with Crippen LogP contribution in [0.3, 0.4) is 0 Å². The molecule has 2 aromatic carbocycles. The van der Waals surface area contributed by atoms with Gasteiger partial charge in [0.1, 0.15) is 10.8 Å². The highest BCUT2D eigenvalue weighted by Gasteiger charge is 2.14.